The fraction of sp³-hybridized carbons (Fsp3) is 0.444. The highest BCUT2D eigenvalue weighted by atomic mass is 16.5. The maximum Gasteiger partial charge on any atom is 0.407 e. The molecule has 7 heteroatoms. The van der Waals surface area contributed by atoms with Gasteiger partial charge >= 0.3 is 12.1 Å². The molecule has 0 bridgehead atoms. The number of amides is 2. The Labute approximate surface area is 199 Å². The predicted molar refractivity (Wildman–Crippen MR) is 126 cm³/mol. The highest BCUT2D eigenvalue weighted by molar-refractivity contribution is 5.91. The maximum absolute atomic E-state index is 13.0. The average Bonchev–Trinajstić information content (AvgIpc) is 3.53. The molecule has 0 unspecified atom stereocenters. The van der Waals surface area contributed by atoms with Crippen LogP contribution >= 0.6 is 0 Å². The summed E-state index contributed by atoms with van der Waals surface area (Å²) in [5.41, 5.74) is 3.58. The van der Waals surface area contributed by atoms with Gasteiger partial charge in [-0.1, -0.05) is 55.5 Å². The Hall–Kier alpha value is -3.35. The number of carboxylic acid groups (broad SMARTS) is 1. The van der Waals surface area contributed by atoms with Crippen LogP contribution in [0.4, 0.5) is 4.79 Å². The van der Waals surface area contributed by atoms with Gasteiger partial charge in [0.15, 0.2) is 0 Å². The van der Waals surface area contributed by atoms with Crippen molar-refractivity contribution in [1.29, 1.82) is 0 Å². The molecular formula is C27H30N2O5. The Kier molecular flexibility index (Phi) is 5.80. The van der Waals surface area contributed by atoms with Crippen LogP contribution in [-0.2, 0) is 14.3 Å². The summed E-state index contributed by atoms with van der Waals surface area (Å²) >= 11 is 0. The van der Waals surface area contributed by atoms with E-state index in [-0.39, 0.29) is 30.8 Å². The molecule has 0 radical (unpaired) electrons. The second-order valence-corrected chi connectivity index (χ2v) is 9.60. The number of ether oxygens (including phenoxy) is 1. The minimum Gasteiger partial charge on any atom is -0.479 e. The standard InChI is InChI=1S/C27H30N2O5/c1-2-18(14-24(30)29-13-7-8-17-15-27(17,29)25(31)32)28-26(33)34-16-23-21-11-5-3-9-19(21)20-10-4-6-12-22(20)23/h3-6,9-12,17-18,23H,2,7-8,13-16H2,1H3,(H,28,33)(H,31,32)/t17-,18-,27+/m1/s1. The van der Waals surface area contributed by atoms with E-state index in [1.807, 2.05) is 31.2 Å². The minimum absolute atomic E-state index is 0.0320. The lowest BCUT2D eigenvalue weighted by Gasteiger charge is -2.34. The minimum atomic E-state index is -1.03. The first-order chi connectivity index (χ1) is 16.5. The summed E-state index contributed by atoms with van der Waals surface area (Å²) in [6.07, 6.45) is 2.27. The zero-order chi connectivity index (χ0) is 23.9. The number of carbonyl (C=O) groups excluding carboxylic acids is 2. The Morgan fingerprint density at radius 2 is 1.76 bits per heavy atom. The quantitative estimate of drug-likeness (QED) is 0.644. The van der Waals surface area contributed by atoms with Gasteiger partial charge in [-0.3, -0.25) is 4.79 Å². The number of hydrogen-bond acceptors (Lipinski definition) is 4. The second kappa shape index (κ2) is 8.78. The van der Waals surface area contributed by atoms with Crippen molar-refractivity contribution in [2.75, 3.05) is 13.2 Å². The van der Waals surface area contributed by atoms with Crippen molar-refractivity contribution in [1.82, 2.24) is 10.2 Å². The van der Waals surface area contributed by atoms with Gasteiger partial charge < -0.3 is 20.1 Å². The number of aliphatic carboxylic acids is 1. The number of carbonyl (C=O) groups is 3. The average molecular weight is 463 g/mol. The summed E-state index contributed by atoms with van der Waals surface area (Å²) in [6, 6.07) is 15.9. The first-order valence-corrected chi connectivity index (χ1v) is 12.1. The highest BCUT2D eigenvalue weighted by Crippen LogP contribution is 2.54. The molecule has 2 aliphatic carbocycles. The summed E-state index contributed by atoms with van der Waals surface area (Å²) in [7, 11) is 0. The lowest BCUT2D eigenvalue weighted by Crippen LogP contribution is -2.52. The zero-order valence-electron chi connectivity index (χ0n) is 19.3. The normalized spacial score (nSPS) is 23.3. The van der Waals surface area contributed by atoms with E-state index in [0.717, 1.165) is 35.1 Å². The molecule has 2 amide bonds. The molecule has 2 aromatic rings. The second-order valence-electron chi connectivity index (χ2n) is 9.60. The Bertz CT molecular complexity index is 1090. The molecule has 2 aromatic carbocycles. The van der Waals surface area contributed by atoms with Gasteiger partial charge in [0, 0.05) is 24.9 Å². The van der Waals surface area contributed by atoms with Gasteiger partial charge in [0.1, 0.15) is 12.1 Å². The maximum atomic E-state index is 13.0. The summed E-state index contributed by atoms with van der Waals surface area (Å²) in [6.45, 7) is 2.56. The number of rotatable bonds is 7. The van der Waals surface area contributed by atoms with Crippen LogP contribution in [0.15, 0.2) is 48.5 Å². The van der Waals surface area contributed by atoms with Crippen molar-refractivity contribution >= 4 is 18.0 Å². The van der Waals surface area contributed by atoms with E-state index in [1.165, 1.54) is 4.90 Å². The molecule has 2 fully saturated rings. The van der Waals surface area contributed by atoms with E-state index < -0.39 is 23.6 Å². The molecule has 1 heterocycles. The Morgan fingerprint density at radius 1 is 1.12 bits per heavy atom. The van der Waals surface area contributed by atoms with Crippen molar-refractivity contribution in [3.63, 3.8) is 0 Å². The smallest absolute Gasteiger partial charge is 0.407 e. The van der Waals surface area contributed by atoms with Crippen molar-refractivity contribution < 1.29 is 24.2 Å². The van der Waals surface area contributed by atoms with E-state index in [0.29, 0.717) is 19.4 Å². The van der Waals surface area contributed by atoms with Gasteiger partial charge in [0.25, 0.3) is 0 Å². The SMILES string of the molecule is CC[C@H](CC(=O)N1CCC[C@@H]2C[C@@]21C(=O)O)NC(=O)OCC1c2ccccc2-c2ccccc21. The number of nitrogens with zero attached hydrogens (tertiary/aromatic N) is 1. The molecule has 5 rings (SSSR count). The summed E-state index contributed by atoms with van der Waals surface area (Å²) in [5.74, 6) is -1.10. The van der Waals surface area contributed by atoms with Gasteiger partial charge in [-0.15, -0.1) is 0 Å². The Balaban J connectivity index is 1.20. The first kappa shape index (κ1) is 22.4. The highest BCUT2D eigenvalue weighted by Gasteiger charge is 2.66. The molecular weight excluding hydrogens is 432 g/mol. The van der Waals surface area contributed by atoms with Crippen molar-refractivity contribution in [2.45, 2.75) is 56.5 Å². The van der Waals surface area contributed by atoms with E-state index in [9.17, 15) is 19.5 Å². The van der Waals surface area contributed by atoms with Crippen LogP contribution in [0, 0.1) is 5.92 Å². The van der Waals surface area contributed by atoms with Crippen molar-refractivity contribution in [3.8, 4) is 11.1 Å². The number of piperidine rings is 1. The van der Waals surface area contributed by atoms with Crippen LogP contribution in [0.25, 0.3) is 11.1 Å². The summed E-state index contributed by atoms with van der Waals surface area (Å²) in [4.78, 5) is 39.1. The molecule has 1 saturated heterocycles. The molecule has 34 heavy (non-hydrogen) atoms. The van der Waals surface area contributed by atoms with Crippen LogP contribution in [0.2, 0.25) is 0 Å². The molecule has 1 aliphatic heterocycles. The number of carboxylic acids is 1. The van der Waals surface area contributed by atoms with Crippen LogP contribution in [0.5, 0.6) is 0 Å². The van der Waals surface area contributed by atoms with Crippen LogP contribution < -0.4 is 5.32 Å². The zero-order valence-corrected chi connectivity index (χ0v) is 19.3. The van der Waals surface area contributed by atoms with E-state index >= 15 is 0 Å². The molecule has 0 spiro atoms. The fourth-order valence-electron chi connectivity index (χ4n) is 5.83. The number of benzene rings is 2. The van der Waals surface area contributed by atoms with Gasteiger partial charge in [-0.05, 0) is 53.9 Å². The van der Waals surface area contributed by atoms with Gasteiger partial charge in [-0.25, -0.2) is 9.59 Å². The van der Waals surface area contributed by atoms with Crippen molar-refractivity contribution in [3.05, 3.63) is 59.7 Å². The van der Waals surface area contributed by atoms with Gasteiger partial charge in [-0.2, -0.15) is 0 Å². The third-order valence-corrected chi connectivity index (χ3v) is 7.74. The molecule has 0 aromatic heterocycles. The van der Waals surface area contributed by atoms with Crippen LogP contribution in [0.3, 0.4) is 0 Å². The molecule has 178 valence electrons. The van der Waals surface area contributed by atoms with Crippen LogP contribution in [-0.4, -0.2) is 52.7 Å². The van der Waals surface area contributed by atoms with Crippen LogP contribution in [0.1, 0.15) is 56.1 Å². The molecule has 3 atom stereocenters. The van der Waals surface area contributed by atoms with Gasteiger partial charge in [0.05, 0.1) is 0 Å². The van der Waals surface area contributed by atoms with Crippen molar-refractivity contribution in [2.24, 2.45) is 5.92 Å². The molecule has 7 nitrogen and oxygen atoms in total. The van der Waals surface area contributed by atoms with E-state index in [2.05, 4.69) is 29.6 Å². The number of likely N-dealkylation sites (tertiary alicyclic amines) is 1. The largest absolute Gasteiger partial charge is 0.479 e. The number of alkyl carbamates (subject to hydrolysis) is 1. The van der Waals surface area contributed by atoms with E-state index in [1.54, 1.807) is 0 Å². The fourth-order valence-corrected chi connectivity index (χ4v) is 5.83. The van der Waals surface area contributed by atoms with E-state index in [4.69, 9.17) is 4.74 Å². The summed E-state index contributed by atoms with van der Waals surface area (Å²) < 4.78 is 5.62. The molecule has 1 saturated carbocycles. The monoisotopic (exact) mass is 462 g/mol. The number of nitrogens with one attached hydrogen (secondary N) is 1. The predicted octanol–water partition coefficient (Wildman–Crippen LogP) is 4.16. The lowest BCUT2D eigenvalue weighted by molar-refractivity contribution is -0.154. The molecule has 2 N–H and O–H groups in total. The topological polar surface area (TPSA) is 95.9 Å². The molecule has 3 aliphatic rings. The third-order valence-electron chi connectivity index (χ3n) is 7.74. The third kappa shape index (κ3) is 3.73. The number of hydrogen-bond donors (Lipinski definition) is 2. The van der Waals surface area contributed by atoms with Gasteiger partial charge in [0.2, 0.25) is 5.91 Å². The first-order valence-electron chi connectivity index (χ1n) is 12.1. The Morgan fingerprint density at radius 3 is 2.38 bits per heavy atom. The lowest BCUT2D eigenvalue weighted by atomic mass is 9.98. The summed E-state index contributed by atoms with van der Waals surface area (Å²) in [5, 5.41) is 12.5. The number of fused-ring (bicyclic) bond motifs is 4.